The quantitative estimate of drug-likeness (QED) is 0.287. The molecule has 0 saturated carbocycles. The van der Waals surface area contributed by atoms with Crippen molar-refractivity contribution in [3.05, 3.63) is 15.3 Å². The molecule has 0 unspecified atom stereocenters. The summed E-state index contributed by atoms with van der Waals surface area (Å²) in [7, 11) is 0. The third-order valence-corrected chi connectivity index (χ3v) is 0. The maximum atomic E-state index is 8.98. The van der Waals surface area contributed by atoms with Gasteiger partial charge in [0.1, 0.15) is 0 Å². The number of rotatable bonds is 0. The molecule has 58 valence electrons. The number of nitrogens with zero attached hydrogens (tertiary/aromatic N) is 1. The van der Waals surface area contributed by atoms with Gasteiger partial charge in [-0.05, 0) is 23.2 Å². The predicted molar refractivity (Wildman–Crippen MR) is 27.5 cm³/mol. The Morgan fingerprint density at radius 2 is 1.33 bits per heavy atom. The van der Waals surface area contributed by atoms with E-state index in [4.69, 9.17) is 20.1 Å². The van der Waals surface area contributed by atoms with Gasteiger partial charge in [-0.15, -0.1) is 0 Å². The Labute approximate surface area is 75.5 Å². The smallest absolute Gasteiger partial charge is 0.356 e. The number of carbonyl (C=O) groups is 1. The van der Waals surface area contributed by atoms with Crippen molar-refractivity contribution in [2.24, 2.45) is 0 Å². The fraction of sp³-hybridized carbons (Fsp3) is 0. The van der Waals surface area contributed by atoms with Gasteiger partial charge in [0, 0.05) is 0 Å². The minimum atomic E-state index is -1.75. The number of hydrogen-bond acceptors (Lipinski definition) is 4. The Balaban J connectivity index is -0.0000000720. The van der Waals surface area contributed by atoms with Crippen molar-refractivity contribution in [3.8, 4) is 0 Å². The summed E-state index contributed by atoms with van der Waals surface area (Å²) < 4.78 is -0.889. The van der Waals surface area contributed by atoms with Crippen LogP contribution >= 0.6 is 23.2 Å². The van der Waals surface area contributed by atoms with Gasteiger partial charge in [-0.25, -0.2) is 0 Å². The molecule has 0 fully saturated rings. The molecule has 0 amide bonds. The standard InChI is InChI=1S/CCl2O.Ag.NO3/c2-1(3)4;;2-1(3)4/q;+1;-1. The summed E-state index contributed by atoms with van der Waals surface area (Å²) in [4.78, 5) is 17.2. The minimum Gasteiger partial charge on any atom is -0.356 e. The largest absolute Gasteiger partial charge is 1.00 e. The number of halogens is 2. The molecule has 0 aliphatic heterocycles. The first-order valence-corrected chi connectivity index (χ1v) is 1.89. The Bertz CT molecular complexity index is 76.6. The van der Waals surface area contributed by atoms with Crippen LogP contribution in [0.3, 0.4) is 0 Å². The van der Waals surface area contributed by atoms with Crippen LogP contribution < -0.4 is 0 Å². The molecule has 8 heteroatoms. The summed E-state index contributed by atoms with van der Waals surface area (Å²) in [5.41, 5.74) is 0. The molecule has 0 spiro atoms. The van der Waals surface area contributed by atoms with Crippen molar-refractivity contribution in [2.45, 2.75) is 0 Å². The van der Waals surface area contributed by atoms with E-state index in [-0.39, 0.29) is 22.4 Å². The Morgan fingerprint density at radius 3 is 1.33 bits per heavy atom. The summed E-state index contributed by atoms with van der Waals surface area (Å²) in [6, 6.07) is 0. The molecule has 9 heavy (non-hydrogen) atoms. The molecule has 0 aromatic rings. The second-order valence-corrected chi connectivity index (χ2v) is 1.33. The number of hydrogen-bond donors (Lipinski definition) is 0. The molecule has 0 saturated heterocycles. The fourth-order valence-corrected chi connectivity index (χ4v) is 0. The van der Waals surface area contributed by atoms with E-state index in [9.17, 15) is 0 Å². The van der Waals surface area contributed by atoms with E-state index in [1.165, 1.54) is 0 Å². The van der Waals surface area contributed by atoms with Crippen molar-refractivity contribution in [1.82, 2.24) is 0 Å². The Kier molecular flexibility index (Phi) is 19.8. The topological polar surface area (TPSA) is 83.3 Å². The van der Waals surface area contributed by atoms with E-state index < -0.39 is 9.79 Å². The normalized spacial score (nSPS) is 5.56. The monoisotopic (exact) mass is 267 g/mol. The van der Waals surface area contributed by atoms with Crippen molar-refractivity contribution in [1.29, 1.82) is 0 Å². The molecule has 0 aliphatic carbocycles. The van der Waals surface area contributed by atoms with Crippen molar-refractivity contribution < 1.29 is 32.3 Å². The Hall–Kier alpha value is 0.190. The zero-order valence-electron chi connectivity index (χ0n) is 3.64. The molecule has 0 N–H and O–H groups in total. The van der Waals surface area contributed by atoms with Crippen LogP contribution in [-0.4, -0.2) is 9.79 Å². The van der Waals surface area contributed by atoms with Crippen molar-refractivity contribution in [3.63, 3.8) is 0 Å². The van der Waals surface area contributed by atoms with Gasteiger partial charge in [0.15, 0.2) is 0 Å². The molecule has 0 radical (unpaired) electrons. The first-order chi connectivity index (χ1) is 3.46. The summed E-state index contributed by atoms with van der Waals surface area (Å²) in [6.07, 6.45) is 0. The van der Waals surface area contributed by atoms with Crippen LogP contribution in [0.2, 0.25) is 0 Å². The van der Waals surface area contributed by atoms with Crippen LogP contribution in [0.4, 0.5) is 4.79 Å². The maximum absolute atomic E-state index is 8.98. The van der Waals surface area contributed by atoms with E-state index in [0.29, 0.717) is 0 Å². The van der Waals surface area contributed by atoms with Crippen LogP contribution in [0, 0.1) is 15.3 Å². The van der Waals surface area contributed by atoms with E-state index in [1.54, 1.807) is 0 Å². The zero-order chi connectivity index (χ0) is 7.15. The maximum Gasteiger partial charge on any atom is 1.00 e. The average Bonchev–Trinajstić information content (AvgIpc) is 1.25. The second kappa shape index (κ2) is 11.1. The molecule has 0 atom stereocenters. The van der Waals surface area contributed by atoms with Gasteiger partial charge >= 0.3 is 27.1 Å². The Morgan fingerprint density at radius 1 is 1.33 bits per heavy atom. The first-order valence-electron chi connectivity index (χ1n) is 1.13. The molecule has 5 nitrogen and oxygen atoms in total. The molecule has 0 aromatic carbocycles. The van der Waals surface area contributed by atoms with Gasteiger partial charge in [-0.1, -0.05) is 0 Å². The van der Waals surface area contributed by atoms with Crippen molar-refractivity contribution in [2.75, 3.05) is 0 Å². The zero-order valence-corrected chi connectivity index (χ0v) is 6.63. The van der Waals surface area contributed by atoms with E-state index in [0.717, 1.165) is 0 Å². The fourth-order valence-electron chi connectivity index (χ4n) is 0. The second-order valence-electron chi connectivity index (χ2n) is 0.449. The van der Waals surface area contributed by atoms with E-state index in [1.807, 2.05) is 0 Å². The van der Waals surface area contributed by atoms with Gasteiger partial charge in [0.05, 0.1) is 5.09 Å². The van der Waals surface area contributed by atoms with E-state index >= 15 is 0 Å². The third-order valence-electron chi connectivity index (χ3n) is 0. The van der Waals surface area contributed by atoms with Gasteiger partial charge in [0.2, 0.25) is 0 Å². The van der Waals surface area contributed by atoms with Gasteiger partial charge in [0.25, 0.3) is 0 Å². The van der Waals surface area contributed by atoms with Crippen LogP contribution in [0.5, 0.6) is 0 Å². The third kappa shape index (κ3) is 8670. The summed E-state index contributed by atoms with van der Waals surface area (Å²) in [6.45, 7) is 0. The number of carbonyl (C=O) groups excluding carboxylic acids is 1. The van der Waals surface area contributed by atoms with Crippen LogP contribution in [0.1, 0.15) is 0 Å². The summed E-state index contributed by atoms with van der Waals surface area (Å²) in [5, 5.41) is 14.8. The molecule has 0 bridgehead atoms. The molecule has 0 heterocycles. The summed E-state index contributed by atoms with van der Waals surface area (Å²) >= 11 is 8.80. The van der Waals surface area contributed by atoms with E-state index in [2.05, 4.69) is 23.2 Å². The van der Waals surface area contributed by atoms with Gasteiger partial charge < -0.3 is 15.3 Å². The SMILES string of the molecule is O=C(Cl)Cl.O=[N+]([O-])[O-].[Ag+]. The van der Waals surface area contributed by atoms with Crippen LogP contribution in [0.25, 0.3) is 0 Å². The van der Waals surface area contributed by atoms with Crippen LogP contribution in [-0.2, 0) is 22.4 Å². The predicted octanol–water partition coefficient (Wildman–Crippen LogP) is 1.34. The first kappa shape index (κ1) is 16.1. The molecule has 0 aliphatic rings. The average molecular weight is 269 g/mol. The minimum absolute atomic E-state index is 0. The molecule has 0 aromatic heterocycles. The summed E-state index contributed by atoms with van der Waals surface area (Å²) in [5.74, 6) is 0. The van der Waals surface area contributed by atoms with Gasteiger partial charge in [-0.2, -0.15) is 0 Å². The van der Waals surface area contributed by atoms with Crippen molar-refractivity contribution >= 4 is 27.9 Å². The molecule has 0 rings (SSSR count). The molecular weight excluding hydrogens is 269 g/mol. The molecular formula is CAgCl2NO4. The van der Waals surface area contributed by atoms with Crippen LogP contribution in [0.15, 0.2) is 0 Å². The van der Waals surface area contributed by atoms with Gasteiger partial charge in [-0.3, -0.25) is 4.79 Å².